The highest BCUT2D eigenvalue weighted by molar-refractivity contribution is 5.80. The molecule has 11 nitrogen and oxygen atoms in total. The van der Waals surface area contributed by atoms with Gasteiger partial charge in [0.15, 0.2) is 11.5 Å². The second-order valence-corrected chi connectivity index (χ2v) is 9.75. The van der Waals surface area contributed by atoms with Crippen molar-refractivity contribution in [2.75, 3.05) is 39.5 Å². The minimum absolute atomic E-state index is 0.154. The number of nitrogens with one attached hydrogen (secondary N) is 2. The number of aromatic nitrogens is 4. The minimum atomic E-state index is -0.476. The molecule has 4 rings (SSSR count). The SMILES string of the molecule is CC(C)(C)NC(=O)Cn1c(-c2cccc(=O)[nH]2)nc2ncc(OCCCN3CCOCC3)cc2c1=O. The zero-order valence-electron chi connectivity index (χ0n) is 20.9. The third-order valence-corrected chi connectivity index (χ3v) is 5.60. The van der Waals surface area contributed by atoms with Crippen molar-refractivity contribution in [3.8, 4) is 17.3 Å². The number of nitrogens with zero attached hydrogens (tertiary/aromatic N) is 4. The fourth-order valence-electron chi connectivity index (χ4n) is 4.00. The van der Waals surface area contributed by atoms with Gasteiger partial charge in [-0.2, -0.15) is 0 Å². The second kappa shape index (κ2) is 11.0. The summed E-state index contributed by atoms with van der Waals surface area (Å²) in [7, 11) is 0. The molecule has 1 aliphatic rings. The Hall–Kier alpha value is -3.57. The molecule has 3 aromatic rings. The van der Waals surface area contributed by atoms with Crippen molar-refractivity contribution < 1.29 is 14.3 Å². The number of carbonyl (C=O) groups is 1. The summed E-state index contributed by atoms with van der Waals surface area (Å²) >= 11 is 0. The molecule has 2 N–H and O–H groups in total. The predicted molar refractivity (Wildman–Crippen MR) is 135 cm³/mol. The van der Waals surface area contributed by atoms with E-state index in [1.54, 1.807) is 18.2 Å². The Kier molecular flexibility index (Phi) is 7.80. The van der Waals surface area contributed by atoms with Crippen LogP contribution in [0.25, 0.3) is 22.6 Å². The van der Waals surface area contributed by atoms with Crippen molar-refractivity contribution in [2.24, 2.45) is 0 Å². The van der Waals surface area contributed by atoms with Gasteiger partial charge in [-0.1, -0.05) is 6.07 Å². The Morgan fingerprint density at radius 1 is 1.22 bits per heavy atom. The van der Waals surface area contributed by atoms with Gasteiger partial charge in [-0.3, -0.25) is 23.9 Å². The number of rotatable bonds is 8. The van der Waals surface area contributed by atoms with Gasteiger partial charge in [0, 0.05) is 31.2 Å². The Bertz CT molecular complexity index is 1340. The summed E-state index contributed by atoms with van der Waals surface area (Å²) in [5, 5.41) is 3.08. The number of hydrogen-bond donors (Lipinski definition) is 2. The summed E-state index contributed by atoms with van der Waals surface area (Å²) in [6.45, 7) is 10.0. The van der Waals surface area contributed by atoms with Gasteiger partial charge in [0.25, 0.3) is 5.56 Å². The molecule has 36 heavy (non-hydrogen) atoms. The first-order valence-corrected chi connectivity index (χ1v) is 12.0. The van der Waals surface area contributed by atoms with E-state index in [4.69, 9.17) is 9.47 Å². The van der Waals surface area contributed by atoms with E-state index in [1.807, 2.05) is 20.8 Å². The van der Waals surface area contributed by atoms with Crippen LogP contribution in [-0.2, 0) is 16.1 Å². The molecule has 0 atom stereocenters. The monoisotopic (exact) mass is 496 g/mol. The van der Waals surface area contributed by atoms with Crippen molar-refractivity contribution in [3.05, 3.63) is 51.2 Å². The lowest BCUT2D eigenvalue weighted by molar-refractivity contribution is -0.123. The van der Waals surface area contributed by atoms with Crippen LogP contribution in [0.1, 0.15) is 27.2 Å². The quantitative estimate of drug-likeness (QED) is 0.444. The lowest BCUT2D eigenvalue weighted by Crippen LogP contribution is -2.43. The summed E-state index contributed by atoms with van der Waals surface area (Å²) in [5.74, 6) is 0.254. The number of morpholine rings is 1. The number of pyridine rings is 2. The number of carbonyl (C=O) groups excluding carboxylic acids is 1. The van der Waals surface area contributed by atoms with Crippen LogP contribution in [0, 0.1) is 0 Å². The average Bonchev–Trinajstić information content (AvgIpc) is 2.83. The normalized spacial score (nSPS) is 14.6. The first kappa shape index (κ1) is 25.5. The Labute approximate surface area is 208 Å². The van der Waals surface area contributed by atoms with E-state index in [2.05, 4.69) is 25.2 Å². The topological polar surface area (TPSA) is 131 Å². The molecule has 4 heterocycles. The number of H-pyrrole nitrogens is 1. The van der Waals surface area contributed by atoms with Crippen molar-refractivity contribution in [3.63, 3.8) is 0 Å². The van der Waals surface area contributed by atoms with Gasteiger partial charge in [-0.05, 0) is 39.3 Å². The Balaban J connectivity index is 1.61. The summed E-state index contributed by atoms with van der Waals surface area (Å²) < 4.78 is 12.5. The second-order valence-electron chi connectivity index (χ2n) is 9.75. The number of hydrogen-bond acceptors (Lipinski definition) is 8. The third-order valence-electron chi connectivity index (χ3n) is 5.60. The molecule has 1 amide bonds. The molecule has 192 valence electrons. The zero-order chi connectivity index (χ0) is 25.7. The molecule has 0 spiro atoms. The standard InChI is InChI=1S/C25H32N6O5/c1-25(2,3)29-21(33)16-31-23(19-6-4-7-20(32)27-19)28-22-18(24(31)34)14-17(15-26-22)36-11-5-8-30-9-12-35-13-10-30/h4,6-7,14-15H,5,8-13,16H2,1-3H3,(H,27,32)(H,29,33). The van der Waals surface area contributed by atoms with Gasteiger partial charge in [-0.25, -0.2) is 9.97 Å². The Morgan fingerprint density at radius 2 is 2.00 bits per heavy atom. The highest BCUT2D eigenvalue weighted by atomic mass is 16.5. The smallest absolute Gasteiger partial charge is 0.263 e. The maximum Gasteiger partial charge on any atom is 0.263 e. The van der Waals surface area contributed by atoms with Crippen LogP contribution in [-0.4, -0.2) is 75.3 Å². The van der Waals surface area contributed by atoms with Gasteiger partial charge >= 0.3 is 0 Å². The highest BCUT2D eigenvalue weighted by Crippen LogP contribution is 2.19. The number of aromatic amines is 1. The lowest BCUT2D eigenvalue weighted by atomic mass is 10.1. The molecule has 1 fully saturated rings. The molecule has 3 aromatic heterocycles. The fourth-order valence-corrected chi connectivity index (χ4v) is 4.00. The molecule has 1 saturated heterocycles. The average molecular weight is 497 g/mol. The van der Waals surface area contributed by atoms with Gasteiger partial charge in [-0.15, -0.1) is 0 Å². The molecule has 0 aliphatic carbocycles. The molecule has 1 aliphatic heterocycles. The van der Waals surface area contributed by atoms with Crippen LogP contribution in [0.15, 0.2) is 40.1 Å². The maximum absolute atomic E-state index is 13.5. The van der Waals surface area contributed by atoms with Crippen LogP contribution in [0.2, 0.25) is 0 Å². The van der Waals surface area contributed by atoms with Gasteiger partial charge in [0.1, 0.15) is 12.3 Å². The van der Waals surface area contributed by atoms with Crippen LogP contribution < -0.4 is 21.2 Å². The molecule has 11 heteroatoms. The van der Waals surface area contributed by atoms with E-state index < -0.39 is 11.1 Å². The first-order valence-electron chi connectivity index (χ1n) is 12.0. The van der Waals surface area contributed by atoms with Crippen molar-refractivity contribution in [1.29, 1.82) is 0 Å². The number of fused-ring (bicyclic) bond motifs is 1. The maximum atomic E-state index is 13.5. The van der Waals surface area contributed by atoms with E-state index in [0.717, 1.165) is 39.3 Å². The first-order chi connectivity index (χ1) is 17.2. The zero-order valence-corrected chi connectivity index (χ0v) is 20.9. The van der Waals surface area contributed by atoms with E-state index in [-0.39, 0.29) is 34.9 Å². The summed E-state index contributed by atoms with van der Waals surface area (Å²) in [4.78, 5) is 52.0. The molecule has 0 aromatic carbocycles. The highest BCUT2D eigenvalue weighted by Gasteiger charge is 2.20. The van der Waals surface area contributed by atoms with Gasteiger partial charge in [0.05, 0.1) is 37.1 Å². The van der Waals surface area contributed by atoms with Gasteiger partial charge in [0.2, 0.25) is 11.5 Å². The fraction of sp³-hybridized carbons (Fsp3) is 0.480. The van der Waals surface area contributed by atoms with Crippen molar-refractivity contribution in [2.45, 2.75) is 39.3 Å². The number of ether oxygens (including phenoxy) is 2. The largest absolute Gasteiger partial charge is 0.492 e. The predicted octanol–water partition coefficient (Wildman–Crippen LogP) is 1.16. The summed E-state index contributed by atoms with van der Waals surface area (Å²) in [5.41, 5.74) is -0.754. The minimum Gasteiger partial charge on any atom is -0.492 e. The van der Waals surface area contributed by atoms with E-state index in [0.29, 0.717) is 18.1 Å². The van der Waals surface area contributed by atoms with E-state index in [9.17, 15) is 14.4 Å². The molecular formula is C25H32N6O5. The molecule has 0 radical (unpaired) electrons. The van der Waals surface area contributed by atoms with E-state index >= 15 is 0 Å². The van der Waals surface area contributed by atoms with Crippen molar-refractivity contribution in [1.82, 2.24) is 29.7 Å². The van der Waals surface area contributed by atoms with Crippen molar-refractivity contribution >= 4 is 16.9 Å². The van der Waals surface area contributed by atoms with Crippen LogP contribution in [0.3, 0.4) is 0 Å². The summed E-state index contributed by atoms with van der Waals surface area (Å²) in [6.07, 6.45) is 2.35. The lowest BCUT2D eigenvalue weighted by Gasteiger charge is -2.26. The molecular weight excluding hydrogens is 464 g/mol. The van der Waals surface area contributed by atoms with Crippen LogP contribution in [0.4, 0.5) is 0 Å². The molecule has 0 saturated carbocycles. The third kappa shape index (κ3) is 6.55. The van der Waals surface area contributed by atoms with Gasteiger partial charge < -0.3 is 19.8 Å². The Morgan fingerprint density at radius 3 is 2.72 bits per heavy atom. The molecule has 0 bridgehead atoms. The van der Waals surface area contributed by atoms with E-state index in [1.165, 1.54) is 16.8 Å². The summed E-state index contributed by atoms with van der Waals surface area (Å²) in [6, 6.07) is 6.15. The number of amides is 1. The van der Waals surface area contributed by atoms with Crippen LogP contribution in [0.5, 0.6) is 5.75 Å². The molecule has 0 unspecified atom stereocenters. The van der Waals surface area contributed by atoms with Crippen LogP contribution >= 0.6 is 0 Å².